The zero-order valence-electron chi connectivity index (χ0n) is 11.5. The number of likely N-dealkylation sites (N-methyl/N-ethyl adjacent to an activating group) is 1. The predicted octanol–water partition coefficient (Wildman–Crippen LogP) is 0.207. The zero-order chi connectivity index (χ0) is 13.5. The number of pyridine rings is 1. The Labute approximate surface area is 114 Å². The van der Waals surface area contributed by atoms with Gasteiger partial charge in [0.1, 0.15) is 0 Å². The molecule has 0 amide bonds. The third-order valence-corrected chi connectivity index (χ3v) is 3.25. The summed E-state index contributed by atoms with van der Waals surface area (Å²) in [4.78, 5) is 8.65. The Kier molecular flexibility index (Phi) is 5.72. The number of aliphatic hydroxyl groups is 1. The molecule has 1 saturated heterocycles. The summed E-state index contributed by atoms with van der Waals surface area (Å²) < 4.78 is 5.30. The number of aliphatic hydroxyl groups excluding tert-OH is 1. The normalized spacial score (nSPS) is 18.7. The Balaban J connectivity index is 1.70. The summed E-state index contributed by atoms with van der Waals surface area (Å²) in [5, 5.41) is 10.1. The van der Waals surface area contributed by atoms with E-state index in [0.29, 0.717) is 6.54 Å². The fourth-order valence-electron chi connectivity index (χ4n) is 2.33. The SMILES string of the molecule is CN(Cc1ccccn1)CC(O)CN1CCOCC1. The smallest absolute Gasteiger partial charge is 0.0793 e. The van der Waals surface area contributed by atoms with Crippen LogP contribution in [-0.4, -0.2) is 72.4 Å². The molecule has 1 aromatic heterocycles. The molecule has 1 fully saturated rings. The molecule has 1 aromatic rings. The van der Waals surface area contributed by atoms with Gasteiger partial charge in [0, 0.05) is 38.9 Å². The average molecular weight is 265 g/mol. The van der Waals surface area contributed by atoms with Crippen LogP contribution in [-0.2, 0) is 11.3 Å². The van der Waals surface area contributed by atoms with Crippen LogP contribution in [0.15, 0.2) is 24.4 Å². The third-order valence-electron chi connectivity index (χ3n) is 3.25. The molecule has 0 spiro atoms. The van der Waals surface area contributed by atoms with Crippen molar-refractivity contribution in [2.45, 2.75) is 12.6 Å². The quantitative estimate of drug-likeness (QED) is 0.796. The largest absolute Gasteiger partial charge is 0.390 e. The van der Waals surface area contributed by atoms with E-state index in [4.69, 9.17) is 4.74 Å². The molecule has 0 aliphatic carbocycles. The average Bonchev–Trinajstić information content (AvgIpc) is 2.40. The minimum Gasteiger partial charge on any atom is -0.390 e. The summed E-state index contributed by atoms with van der Waals surface area (Å²) in [5.41, 5.74) is 1.03. The minimum atomic E-state index is -0.327. The van der Waals surface area contributed by atoms with Crippen LogP contribution < -0.4 is 0 Å². The molecule has 0 saturated carbocycles. The molecule has 0 radical (unpaired) electrons. The summed E-state index contributed by atoms with van der Waals surface area (Å²) in [6.45, 7) is 5.53. The first-order chi connectivity index (χ1) is 9.24. The van der Waals surface area contributed by atoms with Gasteiger partial charge in [-0.25, -0.2) is 0 Å². The van der Waals surface area contributed by atoms with Crippen molar-refractivity contribution in [3.63, 3.8) is 0 Å². The summed E-state index contributed by atoms with van der Waals surface area (Å²) in [7, 11) is 2.01. The first kappa shape index (κ1) is 14.4. The van der Waals surface area contributed by atoms with E-state index in [1.165, 1.54) is 0 Å². The number of hydrogen-bond donors (Lipinski definition) is 1. The first-order valence-electron chi connectivity index (χ1n) is 6.80. The molecule has 2 heterocycles. The number of aromatic nitrogens is 1. The Morgan fingerprint density at radius 3 is 2.89 bits per heavy atom. The van der Waals surface area contributed by atoms with E-state index in [-0.39, 0.29) is 6.10 Å². The molecule has 106 valence electrons. The molecule has 0 bridgehead atoms. The maximum Gasteiger partial charge on any atom is 0.0793 e. The topological polar surface area (TPSA) is 48.8 Å². The van der Waals surface area contributed by atoms with Crippen molar-refractivity contribution in [2.75, 3.05) is 46.4 Å². The fourth-order valence-corrected chi connectivity index (χ4v) is 2.33. The highest BCUT2D eigenvalue weighted by Crippen LogP contribution is 2.03. The zero-order valence-corrected chi connectivity index (χ0v) is 11.5. The van der Waals surface area contributed by atoms with Crippen LogP contribution in [0.1, 0.15) is 5.69 Å². The number of morpholine rings is 1. The van der Waals surface area contributed by atoms with Gasteiger partial charge in [-0.3, -0.25) is 14.8 Å². The van der Waals surface area contributed by atoms with Gasteiger partial charge in [-0.1, -0.05) is 6.07 Å². The number of nitrogens with zero attached hydrogens (tertiary/aromatic N) is 3. The molecule has 5 nitrogen and oxygen atoms in total. The van der Waals surface area contributed by atoms with Gasteiger partial charge in [-0.15, -0.1) is 0 Å². The Morgan fingerprint density at radius 2 is 2.21 bits per heavy atom. The van der Waals surface area contributed by atoms with Crippen LogP contribution in [0.2, 0.25) is 0 Å². The van der Waals surface area contributed by atoms with Gasteiger partial charge in [0.05, 0.1) is 25.0 Å². The molecule has 1 atom stereocenters. The molecular formula is C14H23N3O2. The van der Waals surface area contributed by atoms with Crippen molar-refractivity contribution < 1.29 is 9.84 Å². The maximum atomic E-state index is 10.1. The lowest BCUT2D eigenvalue weighted by Crippen LogP contribution is -2.44. The van der Waals surface area contributed by atoms with E-state index >= 15 is 0 Å². The van der Waals surface area contributed by atoms with Crippen LogP contribution in [0.3, 0.4) is 0 Å². The van der Waals surface area contributed by atoms with Crippen LogP contribution in [0, 0.1) is 0 Å². The highest BCUT2D eigenvalue weighted by atomic mass is 16.5. The van der Waals surface area contributed by atoms with Crippen LogP contribution >= 0.6 is 0 Å². The molecule has 19 heavy (non-hydrogen) atoms. The van der Waals surface area contributed by atoms with Crippen molar-refractivity contribution >= 4 is 0 Å². The van der Waals surface area contributed by atoms with Gasteiger partial charge in [0.15, 0.2) is 0 Å². The van der Waals surface area contributed by atoms with Crippen molar-refractivity contribution in [3.8, 4) is 0 Å². The van der Waals surface area contributed by atoms with Crippen molar-refractivity contribution in [2.24, 2.45) is 0 Å². The first-order valence-corrected chi connectivity index (χ1v) is 6.80. The van der Waals surface area contributed by atoms with Crippen LogP contribution in [0.4, 0.5) is 0 Å². The van der Waals surface area contributed by atoms with Gasteiger partial charge in [0.2, 0.25) is 0 Å². The predicted molar refractivity (Wildman–Crippen MR) is 73.8 cm³/mol. The van der Waals surface area contributed by atoms with E-state index in [1.54, 1.807) is 6.20 Å². The van der Waals surface area contributed by atoms with Gasteiger partial charge in [-0.2, -0.15) is 0 Å². The van der Waals surface area contributed by atoms with Crippen LogP contribution in [0.5, 0.6) is 0 Å². The summed E-state index contributed by atoms with van der Waals surface area (Å²) in [6.07, 6.45) is 1.47. The lowest BCUT2D eigenvalue weighted by Gasteiger charge is -2.30. The summed E-state index contributed by atoms with van der Waals surface area (Å²) in [6, 6.07) is 5.90. The van der Waals surface area contributed by atoms with Gasteiger partial charge in [0.25, 0.3) is 0 Å². The fraction of sp³-hybridized carbons (Fsp3) is 0.643. The molecule has 1 aliphatic rings. The van der Waals surface area contributed by atoms with Gasteiger partial charge in [-0.05, 0) is 19.2 Å². The summed E-state index contributed by atoms with van der Waals surface area (Å²) >= 11 is 0. The number of rotatable bonds is 6. The van der Waals surface area contributed by atoms with E-state index in [0.717, 1.165) is 45.1 Å². The van der Waals surface area contributed by atoms with Gasteiger partial charge >= 0.3 is 0 Å². The second kappa shape index (κ2) is 7.55. The number of hydrogen-bond acceptors (Lipinski definition) is 5. The molecule has 1 aliphatic heterocycles. The maximum absolute atomic E-state index is 10.1. The highest BCUT2D eigenvalue weighted by Gasteiger charge is 2.16. The van der Waals surface area contributed by atoms with E-state index in [9.17, 15) is 5.11 Å². The third kappa shape index (κ3) is 5.24. The van der Waals surface area contributed by atoms with E-state index in [2.05, 4.69) is 14.8 Å². The molecule has 5 heteroatoms. The molecule has 0 aromatic carbocycles. The number of ether oxygens (including phenoxy) is 1. The molecule has 1 N–H and O–H groups in total. The monoisotopic (exact) mass is 265 g/mol. The van der Waals surface area contributed by atoms with Gasteiger partial charge < -0.3 is 9.84 Å². The second-order valence-corrected chi connectivity index (χ2v) is 5.08. The standard InChI is InChI=1S/C14H23N3O2/c1-16(10-13-4-2-3-5-15-13)11-14(18)12-17-6-8-19-9-7-17/h2-5,14,18H,6-12H2,1H3. The van der Waals surface area contributed by atoms with Crippen molar-refractivity contribution in [1.29, 1.82) is 0 Å². The molecule has 2 rings (SSSR count). The Bertz CT molecular complexity index is 355. The van der Waals surface area contributed by atoms with E-state index in [1.807, 2.05) is 25.2 Å². The Morgan fingerprint density at radius 1 is 1.42 bits per heavy atom. The second-order valence-electron chi connectivity index (χ2n) is 5.08. The lowest BCUT2D eigenvalue weighted by atomic mass is 10.2. The number of β-amino-alcohol motifs (C(OH)–C–C–N with tert-alkyl or cyclic N) is 1. The minimum absolute atomic E-state index is 0.327. The van der Waals surface area contributed by atoms with E-state index < -0.39 is 0 Å². The van der Waals surface area contributed by atoms with Crippen molar-refractivity contribution in [3.05, 3.63) is 30.1 Å². The lowest BCUT2D eigenvalue weighted by molar-refractivity contribution is 0.00819. The van der Waals surface area contributed by atoms with Crippen molar-refractivity contribution in [1.82, 2.24) is 14.8 Å². The Hall–Kier alpha value is -1.01. The molecule has 1 unspecified atom stereocenters. The van der Waals surface area contributed by atoms with Crippen LogP contribution in [0.25, 0.3) is 0 Å². The highest BCUT2D eigenvalue weighted by molar-refractivity contribution is 5.03. The molecular weight excluding hydrogens is 242 g/mol. The summed E-state index contributed by atoms with van der Waals surface area (Å²) in [5.74, 6) is 0.